The zero-order valence-corrected chi connectivity index (χ0v) is 13.9. The van der Waals surface area contributed by atoms with Crippen molar-refractivity contribution in [3.63, 3.8) is 0 Å². The molecule has 0 bridgehead atoms. The third-order valence-corrected chi connectivity index (χ3v) is 6.19. The molecule has 1 unspecified atom stereocenters. The molecule has 2 aliphatic rings. The van der Waals surface area contributed by atoms with E-state index >= 15 is 0 Å². The lowest BCUT2D eigenvalue weighted by Crippen LogP contribution is -2.45. The zero-order chi connectivity index (χ0) is 15.4. The molecule has 122 valence electrons. The van der Waals surface area contributed by atoms with Crippen molar-refractivity contribution in [1.29, 1.82) is 0 Å². The molecule has 1 heterocycles. The van der Waals surface area contributed by atoms with Crippen LogP contribution in [0.4, 0.5) is 0 Å². The fourth-order valence-corrected chi connectivity index (χ4v) is 4.88. The Morgan fingerprint density at radius 3 is 2.82 bits per heavy atom. The van der Waals surface area contributed by atoms with Gasteiger partial charge in [0.2, 0.25) is 5.91 Å². The summed E-state index contributed by atoms with van der Waals surface area (Å²) in [7, 11) is 0. The Morgan fingerprint density at radius 2 is 2.05 bits per heavy atom. The van der Waals surface area contributed by atoms with Crippen molar-refractivity contribution in [2.45, 2.75) is 69.7 Å². The molecule has 1 fully saturated rings. The molecular formula is C17H26N2O2S. The second-order valence-electron chi connectivity index (χ2n) is 6.66. The van der Waals surface area contributed by atoms with Gasteiger partial charge in [-0.05, 0) is 38.0 Å². The number of aromatic nitrogens is 1. The number of aliphatic hydroxyl groups excluding tert-OH is 1. The van der Waals surface area contributed by atoms with E-state index in [-0.39, 0.29) is 24.5 Å². The lowest BCUT2D eigenvalue weighted by Gasteiger charge is -2.30. The van der Waals surface area contributed by atoms with Gasteiger partial charge in [0.05, 0.1) is 29.8 Å². The van der Waals surface area contributed by atoms with E-state index in [1.165, 1.54) is 19.3 Å². The minimum Gasteiger partial charge on any atom is -0.394 e. The van der Waals surface area contributed by atoms with Gasteiger partial charge in [-0.15, -0.1) is 11.3 Å². The molecule has 2 aliphatic carbocycles. The molecule has 0 aliphatic heterocycles. The molecule has 3 rings (SSSR count). The Balaban J connectivity index is 1.68. The normalized spacial score (nSPS) is 24.3. The predicted molar refractivity (Wildman–Crippen MR) is 88.0 cm³/mol. The highest BCUT2D eigenvalue weighted by Crippen LogP contribution is 2.34. The van der Waals surface area contributed by atoms with E-state index in [0.717, 1.165) is 49.1 Å². The predicted octanol–water partition coefficient (Wildman–Crippen LogP) is 3.01. The van der Waals surface area contributed by atoms with E-state index in [1.54, 1.807) is 11.3 Å². The van der Waals surface area contributed by atoms with Gasteiger partial charge in [0.1, 0.15) is 0 Å². The summed E-state index contributed by atoms with van der Waals surface area (Å²) in [5.74, 6) is 0.467. The van der Waals surface area contributed by atoms with Crippen LogP contribution in [0.15, 0.2) is 5.51 Å². The first-order valence-corrected chi connectivity index (χ1v) is 9.51. The largest absolute Gasteiger partial charge is 0.394 e. The smallest absolute Gasteiger partial charge is 0.228 e. The fourth-order valence-electron chi connectivity index (χ4n) is 3.90. The van der Waals surface area contributed by atoms with Gasteiger partial charge >= 0.3 is 0 Å². The van der Waals surface area contributed by atoms with Crippen molar-refractivity contribution in [2.75, 3.05) is 6.61 Å². The standard InChI is InChI=1S/C17H26N2O2S/c20-10-15(12-6-2-1-3-7-12)19-17(21)13-8-4-5-9-14-16(13)22-11-18-14/h11-13,15,20H,1-10H2,(H,19,21)/t13?,15-/m1/s1. The van der Waals surface area contributed by atoms with Gasteiger partial charge in [-0.2, -0.15) is 0 Å². The number of carbonyl (C=O) groups excluding carboxylic acids is 1. The molecule has 1 aromatic heterocycles. The average Bonchev–Trinajstić information content (AvgIpc) is 2.92. The van der Waals surface area contributed by atoms with Crippen molar-refractivity contribution < 1.29 is 9.90 Å². The van der Waals surface area contributed by atoms with Crippen LogP contribution < -0.4 is 5.32 Å². The van der Waals surface area contributed by atoms with Crippen LogP contribution in [0.25, 0.3) is 0 Å². The lowest BCUT2D eigenvalue weighted by atomic mass is 9.84. The summed E-state index contributed by atoms with van der Waals surface area (Å²) in [4.78, 5) is 18.4. The quantitative estimate of drug-likeness (QED) is 0.838. The molecule has 1 amide bonds. The minimum atomic E-state index is -0.0765. The number of thiazole rings is 1. The summed E-state index contributed by atoms with van der Waals surface area (Å²) in [6, 6.07) is -0.0765. The SMILES string of the molecule is O=C(N[C@H](CO)C1CCCCC1)C1CCCCc2ncsc21. The highest BCUT2D eigenvalue weighted by molar-refractivity contribution is 7.10. The monoisotopic (exact) mass is 322 g/mol. The molecule has 2 N–H and O–H groups in total. The lowest BCUT2D eigenvalue weighted by molar-refractivity contribution is -0.124. The Labute approximate surface area is 136 Å². The van der Waals surface area contributed by atoms with Crippen molar-refractivity contribution in [2.24, 2.45) is 5.92 Å². The second-order valence-corrected chi connectivity index (χ2v) is 7.54. The number of rotatable bonds is 4. The van der Waals surface area contributed by atoms with Crippen LogP contribution in [-0.4, -0.2) is 28.6 Å². The summed E-state index contributed by atoms with van der Waals surface area (Å²) in [5.41, 5.74) is 2.97. The number of fused-ring (bicyclic) bond motifs is 1. The molecule has 0 spiro atoms. The van der Waals surface area contributed by atoms with Crippen molar-refractivity contribution in [3.05, 3.63) is 16.1 Å². The maximum atomic E-state index is 12.8. The highest BCUT2D eigenvalue weighted by atomic mass is 32.1. The van der Waals surface area contributed by atoms with Crippen LogP contribution >= 0.6 is 11.3 Å². The van der Waals surface area contributed by atoms with E-state index in [9.17, 15) is 9.90 Å². The van der Waals surface area contributed by atoms with Crippen LogP contribution in [-0.2, 0) is 11.2 Å². The van der Waals surface area contributed by atoms with Gasteiger partial charge in [0.15, 0.2) is 0 Å². The molecule has 0 radical (unpaired) electrons. The minimum absolute atomic E-state index is 0.0542. The Kier molecular flexibility index (Phi) is 5.47. The van der Waals surface area contributed by atoms with Gasteiger partial charge < -0.3 is 10.4 Å². The van der Waals surface area contributed by atoms with E-state index < -0.39 is 0 Å². The number of carbonyl (C=O) groups is 1. The molecule has 22 heavy (non-hydrogen) atoms. The molecule has 0 saturated heterocycles. The number of nitrogens with zero attached hydrogens (tertiary/aromatic N) is 1. The summed E-state index contributed by atoms with van der Waals surface area (Å²) >= 11 is 1.61. The van der Waals surface area contributed by atoms with Crippen molar-refractivity contribution in [1.82, 2.24) is 10.3 Å². The average molecular weight is 322 g/mol. The van der Waals surface area contributed by atoms with Gasteiger partial charge in [-0.1, -0.05) is 25.7 Å². The molecule has 2 atom stereocenters. The summed E-state index contributed by atoms with van der Waals surface area (Å²) < 4.78 is 0. The molecule has 4 nitrogen and oxygen atoms in total. The van der Waals surface area contributed by atoms with Crippen LogP contribution in [0.2, 0.25) is 0 Å². The Morgan fingerprint density at radius 1 is 1.27 bits per heavy atom. The number of hydrogen-bond donors (Lipinski definition) is 2. The van der Waals surface area contributed by atoms with Gasteiger partial charge in [0, 0.05) is 4.88 Å². The highest BCUT2D eigenvalue weighted by Gasteiger charge is 2.31. The van der Waals surface area contributed by atoms with Crippen LogP contribution in [0.3, 0.4) is 0 Å². The third kappa shape index (κ3) is 3.51. The van der Waals surface area contributed by atoms with Crippen LogP contribution in [0, 0.1) is 5.92 Å². The molecule has 1 aromatic rings. The first-order chi connectivity index (χ1) is 10.8. The number of aryl methyl sites for hydroxylation is 1. The van der Waals surface area contributed by atoms with Gasteiger partial charge in [-0.25, -0.2) is 4.98 Å². The third-order valence-electron chi connectivity index (χ3n) is 5.21. The van der Waals surface area contributed by atoms with E-state index in [4.69, 9.17) is 0 Å². The second kappa shape index (κ2) is 7.55. The van der Waals surface area contributed by atoms with Crippen molar-refractivity contribution >= 4 is 17.2 Å². The summed E-state index contributed by atoms with van der Waals surface area (Å²) in [6.07, 6.45) is 10.1. The first kappa shape index (κ1) is 15.9. The van der Waals surface area contributed by atoms with Gasteiger partial charge in [0.25, 0.3) is 0 Å². The Bertz CT molecular complexity index is 497. The summed E-state index contributed by atoms with van der Waals surface area (Å²) in [5, 5.41) is 12.9. The maximum absolute atomic E-state index is 12.8. The van der Waals surface area contributed by atoms with Crippen LogP contribution in [0.1, 0.15) is 67.9 Å². The number of amides is 1. The number of aliphatic hydroxyl groups is 1. The van der Waals surface area contributed by atoms with E-state index in [1.807, 2.05) is 5.51 Å². The topological polar surface area (TPSA) is 62.2 Å². The molecule has 1 saturated carbocycles. The molecular weight excluding hydrogens is 296 g/mol. The maximum Gasteiger partial charge on any atom is 0.228 e. The van der Waals surface area contributed by atoms with E-state index in [0.29, 0.717) is 5.92 Å². The van der Waals surface area contributed by atoms with E-state index in [2.05, 4.69) is 10.3 Å². The number of hydrogen-bond acceptors (Lipinski definition) is 4. The van der Waals surface area contributed by atoms with Crippen molar-refractivity contribution in [3.8, 4) is 0 Å². The van der Waals surface area contributed by atoms with Crippen LogP contribution in [0.5, 0.6) is 0 Å². The zero-order valence-electron chi connectivity index (χ0n) is 13.1. The molecule has 0 aromatic carbocycles. The van der Waals surface area contributed by atoms with Gasteiger partial charge in [-0.3, -0.25) is 4.79 Å². The fraction of sp³-hybridized carbons (Fsp3) is 0.765. The summed E-state index contributed by atoms with van der Waals surface area (Å²) in [6.45, 7) is 0.0542. The number of nitrogens with one attached hydrogen (secondary N) is 1. The Hall–Kier alpha value is -0.940. The first-order valence-electron chi connectivity index (χ1n) is 8.63. The molecule has 5 heteroatoms.